The first-order valence-electron chi connectivity index (χ1n) is 5.01. The second-order valence-electron chi connectivity index (χ2n) is 3.49. The first-order valence-corrected chi connectivity index (χ1v) is 5.01. The molecule has 0 saturated carbocycles. The number of nitrogens with two attached hydrogens (primary N) is 1. The molecule has 0 aliphatic carbocycles. The summed E-state index contributed by atoms with van der Waals surface area (Å²) in [4.78, 5) is 21.8. The molecule has 6 nitrogen and oxygen atoms in total. The van der Waals surface area contributed by atoms with Gasteiger partial charge in [0.2, 0.25) is 5.91 Å². The first kappa shape index (κ1) is 13.1. The second-order valence-corrected chi connectivity index (χ2v) is 3.49. The maximum Gasteiger partial charge on any atom is 0.334 e. The summed E-state index contributed by atoms with van der Waals surface area (Å²) in [5.74, 6) is -1.92. The first-order chi connectivity index (χ1) is 8.02. The molecular weight excluding hydrogens is 224 g/mol. The van der Waals surface area contributed by atoms with E-state index in [0.29, 0.717) is 5.56 Å². The van der Waals surface area contributed by atoms with Crippen LogP contribution in [0.25, 0.3) is 0 Å². The molecule has 6 heteroatoms. The van der Waals surface area contributed by atoms with Crippen molar-refractivity contribution in [2.45, 2.75) is 12.1 Å². The van der Waals surface area contributed by atoms with Gasteiger partial charge in [0.05, 0.1) is 6.54 Å². The third-order valence-electron chi connectivity index (χ3n) is 2.20. The number of benzene rings is 1. The van der Waals surface area contributed by atoms with E-state index in [1.54, 1.807) is 30.3 Å². The quantitative estimate of drug-likeness (QED) is 0.539. The number of hydrogen-bond donors (Lipinski definition) is 4. The Morgan fingerprint density at radius 3 is 2.41 bits per heavy atom. The molecule has 0 fully saturated rings. The molecule has 0 radical (unpaired) electrons. The van der Waals surface area contributed by atoms with E-state index in [-0.39, 0.29) is 6.54 Å². The average Bonchev–Trinajstić information content (AvgIpc) is 2.35. The zero-order chi connectivity index (χ0) is 12.8. The molecule has 17 heavy (non-hydrogen) atoms. The lowest BCUT2D eigenvalue weighted by Gasteiger charge is -2.13. The molecule has 0 aliphatic heterocycles. The molecule has 0 bridgehead atoms. The van der Waals surface area contributed by atoms with Crippen molar-refractivity contribution in [2.75, 3.05) is 6.54 Å². The molecular formula is C11H14N2O4. The molecule has 1 amide bonds. The van der Waals surface area contributed by atoms with Crippen molar-refractivity contribution >= 4 is 11.9 Å². The van der Waals surface area contributed by atoms with E-state index in [9.17, 15) is 9.59 Å². The summed E-state index contributed by atoms with van der Waals surface area (Å²) < 4.78 is 0. The fourth-order valence-electron chi connectivity index (χ4n) is 1.21. The monoisotopic (exact) mass is 238 g/mol. The smallest absolute Gasteiger partial charge is 0.334 e. The van der Waals surface area contributed by atoms with Gasteiger partial charge < -0.3 is 21.3 Å². The fraction of sp³-hybridized carbons (Fsp3) is 0.273. The van der Waals surface area contributed by atoms with E-state index in [2.05, 4.69) is 5.32 Å². The number of aliphatic hydroxyl groups excluding tert-OH is 1. The lowest BCUT2D eigenvalue weighted by Crippen LogP contribution is -2.40. The highest BCUT2D eigenvalue weighted by Crippen LogP contribution is 2.08. The van der Waals surface area contributed by atoms with Gasteiger partial charge in [-0.3, -0.25) is 4.79 Å². The Balaban J connectivity index is 2.51. The van der Waals surface area contributed by atoms with E-state index in [4.69, 9.17) is 15.9 Å². The maximum atomic E-state index is 11.5. The third kappa shape index (κ3) is 3.86. The molecule has 0 saturated heterocycles. The van der Waals surface area contributed by atoms with Crippen molar-refractivity contribution in [3.05, 3.63) is 35.9 Å². The molecule has 0 spiro atoms. The Morgan fingerprint density at radius 1 is 1.29 bits per heavy atom. The number of carboxylic acids is 1. The number of aliphatic hydroxyl groups is 1. The second kappa shape index (κ2) is 5.97. The van der Waals surface area contributed by atoms with Crippen LogP contribution in [0.2, 0.25) is 0 Å². The Kier molecular flexibility index (Phi) is 4.62. The van der Waals surface area contributed by atoms with Crippen LogP contribution in [0.1, 0.15) is 11.6 Å². The van der Waals surface area contributed by atoms with Crippen LogP contribution in [0.15, 0.2) is 30.3 Å². The van der Waals surface area contributed by atoms with Crippen LogP contribution in [0.3, 0.4) is 0 Å². The van der Waals surface area contributed by atoms with Gasteiger partial charge in [0.15, 0.2) is 6.10 Å². The average molecular weight is 238 g/mol. The minimum absolute atomic E-state index is 0.366. The molecule has 0 heterocycles. The summed E-state index contributed by atoms with van der Waals surface area (Å²) in [5.41, 5.74) is 6.28. The normalized spacial score (nSPS) is 13.8. The van der Waals surface area contributed by atoms with Gasteiger partial charge in [0.1, 0.15) is 6.04 Å². The molecule has 0 unspecified atom stereocenters. The standard InChI is InChI=1S/C11H14N2O4/c12-9(7-4-2-1-3-5-7)10(15)13-6-8(14)11(16)17/h1-5,8-9,14H,6,12H2,(H,13,15)(H,16,17)/t8-,9-/m0/s1. The van der Waals surface area contributed by atoms with Gasteiger partial charge in [0.25, 0.3) is 0 Å². The Morgan fingerprint density at radius 2 is 1.88 bits per heavy atom. The van der Waals surface area contributed by atoms with E-state index in [1.165, 1.54) is 0 Å². The maximum absolute atomic E-state index is 11.5. The van der Waals surface area contributed by atoms with Crippen molar-refractivity contribution in [3.63, 3.8) is 0 Å². The van der Waals surface area contributed by atoms with Gasteiger partial charge in [-0.2, -0.15) is 0 Å². The topological polar surface area (TPSA) is 113 Å². The van der Waals surface area contributed by atoms with Crippen molar-refractivity contribution in [3.8, 4) is 0 Å². The molecule has 1 aromatic rings. The van der Waals surface area contributed by atoms with Crippen LogP contribution >= 0.6 is 0 Å². The van der Waals surface area contributed by atoms with Crippen LogP contribution < -0.4 is 11.1 Å². The SMILES string of the molecule is N[C@H](C(=O)NC[C@H](O)C(=O)O)c1ccccc1. The van der Waals surface area contributed by atoms with Crippen LogP contribution in [-0.2, 0) is 9.59 Å². The van der Waals surface area contributed by atoms with Crippen molar-refractivity contribution < 1.29 is 19.8 Å². The van der Waals surface area contributed by atoms with Crippen molar-refractivity contribution in [2.24, 2.45) is 5.73 Å². The molecule has 92 valence electrons. The van der Waals surface area contributed by atoms with Gasteiger partial charge in [-0.25, -0.2) is 4.79 Å². The molecule has 0 aromatic heterocycles. The summed E-state index contributed by atoms with van der Waals surface area (Å²) in [6, 6.07) is 7.79. The van der Waals surface area contributed by atoms with Crippen LogP contribution in [0, 0.1) is 0 Å². The van der Waals surface area contributed by atoms with Gasteiger partial charge in [0, 0.05) is 0 Å². The fourth-order valence-corrected chi connectivity index (χ4v) is 1.21. The molecule has 2 atom stereocenters. The van der Waals surface area contributed by atoms with Gasteiger partial charge in [-0.15, -0.1) is 0 Å². The number of hydrogen-bond acceptors (Lipinski definition) is 4. The van der Waals surface area contributed by atoms with Crippen LogP contribution in [0.5, 0.6) is 0 Å². The summed E-state index contributed by atoms with van der Waals surface area (Å²) in [6.45, 7) is -0.366. The highest BCUT2D eigenvalue weighted by Gasteiger charge is 2.18. The minimum atomic E-state index is -1.62. The van der Waals surface area contributed by atoms with Crippen molar-refractivity contribution in [1.82, 2.24) is 5.32 Å². The van der Waals surface area contributed by atoms with Gasteiger partial charge in [-0.05, 0) is 5.56 Å². The van der Waals surface area contributed by atoms with E-state index in [0.717, 1.165) is 0 Å². The third-order valence-corrected chi connectivity index (χ3v) is 2.20. The lowest BCUT2D eigenvalue weighted by molar-refractivity contribution is -0.146. The summed E-state index contributed by atoms with van der Waals surface area (Å²) in [5, 5.41) is 19.7. The number of carboxylic acid groups (broad SMARTS) is 1. The number of carbonyl (C=O) groups excluding carboxylic acids is 1. The summed E-state index contributed by atoms with van der Waals surface area (Å²) in [6.07, 6.45) is -1.62. The highest BCUT2D eigenvalue weighted by molar-refractivity contribution is 5.83. The van der Waals surface area contributed by atoms with E-state index >= 15 is 0 Å². The number of aliphatic carboxylic acids is 1. The minimum Gasteiger partial charge on any atom is -0.479 e. The molecule has 0 aliphatic rings. The zero-order valence-electron chi connectivity index (χ0n) is 9.04. The van der Waals surface area contributed by atoms with Crippen LogP contribution in [-0.4, -0.2) is 34.7 Å². The predicted molar refractivity (Wildman–Crippen MR) is 60.0 cm³/mol. The number of amides is 1. The highest BCUT2D eigenvalue weighted by atomic mass is 16.4. The summed E-state index contributed by atoms with van der Waals surface area (Å²) >= 11 is 0. The Labute approximate surface area is 98.1 Å². The summed E-state index contributed by atoms with van der Waals surface area (Å²) in [7, 11) is 0. The van der Waals surface area contributed by atoms with Gasteiger partial charge in [-0.1, -0.05) is 30.3 Å². The Bertz CT molecular complexity index is 394. The molecule has 1 rings (SSSR count). The van der Waals surface area contributed by atoms with Crippen LogP contribution in [0.4, 0.5) is 0 Å². The Hall–Kier alpha value is -1.92. The van der Waals surface area contributed by atoms with E-state index in [1.807, 2.05) is 0 Å². The number of rotatable bonds is 5. The van der Waals surface area contributed by atoms with Crippen molar-refractivity contribution in [1.29, 1.82) is 0 Å². The predicted octanol–water partition coefficient (Wildman–Crippen LogP) is -0.752. The molecule has 5 N–H and O–H groups in total. The largest absolute Gasteiger partial charge is 0.479 e. The van der Waals surface area contributed by atoms with E-state index < -0.39 is 24.0 Å². The number of nitrogens with one attached hydrogen (secondary N) is 1. The zero-order valence-corrected chi connectivity index (χ0v) is 9.04. The van der Waals surface area contributed by atoms with Gasteiger partial charge >= 0.3 is 5.97 Å². The molecule has 1 aromatic carbocycles. The lowest BCUT2D eigenvalue weighted by atomic mass is 10.1. The number of carbonyl (C=O) groups is 2.